The van der Waals surface area contributed by atoms with E-state index in [1.54, 1.807) is 9.69 Å². The SMILES string of the molecule is [C-]#[N+]N1C[C@@H]2CC[C@H](O)[C@H](C(=O)OC)[C@H]2C[C@H]1[C@@]1(CCn2cc(-c3cc(C)c(C)cc3C)nn2)C(=O)Nc2ccccc21. The second-order valence-corrected chi connectivity index (χ2v) is 12.4. The number of benzene rings is 2. The van der Waals surface area contributed by atoms with E-state index in [0.29, 0.717) is 38.8 Å². The van der Waals surface area contributed by atoms with E-state index in [2.05, 4.69) is 53.5 Å². The summed E-state index contributed by atoms with van der Waals surface area (Å²) in [6.07, 6.45) is 3.10. The molecule has 0 radical (unpaired) electrons. The van der Waals surface area contributed by atoms with Gasteiger partial charge in [0.1, 0.15) is 17.2 Å². The topological polar surface area (TPSA) is 114 Å². The van der Waals surface area contributed by atoms with Crippen molar-refractivity contribution in [3.05, 3.63) is 76.4 Å². The molecular weight excluding hydrogens is 544 g/mol. The van der Waals surface area contributed by atoms with Crippen LogP contribution in [-0.4, -0.2) is 62.8 Å². The zero-order valence-corrected chi connectivity index (χ0v) is 25.1. The number of esters is 1. The van der Waals surface area contributed by atoms with Crippen LogP contribution in [0, 0.1) is 45.1 Å². The molecule has 2 N–H and O–H groups in total. The van der Waals surface area contributed by atoms with E-state index in [4.69, 9.17) is 11.3 Å². The maximum absolute atomic E-state index is 14.1. The van der Waals surface area contributed by atoms with Crippen molar-refractivity contribution in [2.75, 3.05) is 19.0 Å². The number of amides is 1. The molecule has 0 unspecified atom stereocenters. The van der Waals surface area contributed by atoms with Crippen LogP contribution in [-0.2, 0) is 26.3 Å². The Balaban J connectivity index is 1.37. The molecular formula is C33H38N6O4. The van der Waals surface area contributed by atoms with Crippen LogP contribution >= 0.6 is 0 Å². The Kier molecular flexibility index (Phi) is 7.46. The number of rotatable bonds is 6. The Labute approximate surface area is 251 Å². The van der Waals surface area contributed by atoms with Crippen molar-refractivity contribution in [2.45, 2.75) is 70.6 Å². The first-order valence-corrected chi connectivity index (χ1v) is 15.0. The van der Waals surface area contributed by atoms with Crippen LogP contribution in [0.5, 0.6) is 0 Å². The molecule has 2 aromatic carbocycles. The first kappa shape index (κ1) is 28.9. The number of para-hydroxylation sites is 1. The van der Waals surface area contributed by atoms with Gasteiger partial charge in [-0.3, -0.25) is 14.3 Å². The van der Waals surface area contributed by atoms with Crippen molar-refractivity contribution in [3.8, 4) is 11.3 Å². The Morgan fingerprint density at radius 1 is 1.19 bits per heavy atom. The second-order valence-electron chi connectivity index (χ2n) is 12.4. The average Bonchev–Trinajstić information content (AvgIpc) is 3.59. The van der Waals surface area contributed by atoms with Crippen LogP contribution < -0.4 is 5.32 Å². The van der Waals surface area contributed by atoms with E-state index in [1.807, 2.05) is 30.5 Å². The predicted octanol–water partition coefficient (Wildman–Crippen LogP) is 4.24. The van der Waals surface area contributed by atoms with Crippen LogP contribution in [0.2, 0.25) is 0 Å². The number of piperidine rings is 1. The maximum Gasteiger partial charge on any atom is 0.311 e. The van der Waals surface area contributed by atoms with Gasteiger partial charge in [0, 0.05) is 17.8 Å². The molecule has 1 saturated heterocycles. The number of aliphatic hydroxyl groups excluding tert-OH is 1. The minimum Gasteiger partial charge on any atom is -0.469 e. The number of carbonyl (C=O) groups excluding carboxylic acids is 2. The van der Waals surface area contributed by atoms with Crippen LogP contribution in [0.1, 0.15) is 47.9 Å². The molecule has 1 saturated carbocycles. The molecule has 1 aliphatic carbocycles. The van der Waals surface area contributed by atoms with Gasteiger partial charge >= 0.3 is 5.97 Å². The van der Waals surface area contributed by atoms with Crippen molar-refractivity contribution < 1.29 is 19.4 Å². The number of hydrogen-bond donors (Lipinski definition) is 2. The zero-order chi connectivity index (χ0) is 30.5. The van der Waals surface area contributed by atoms with Crippen molar-refractivity contribution in [2.24, 2.45) is 17.8 Å². The van der Waals surface area contributed by atoms with Gasteiger partial charge in [0.2, 0.25) is 5.91 Å². The molecule has 0 spiro atoms. The Morgan fingerprint density at radius 2 is 1.95 bits per heavy atom. The van der Waals surface area contributed by atoms with Crippen LogP contribution in [0.25, 0.3) is 16.2 Å². The van der Waals surface area contributed by atoms with Gasteiger partial charge in [0.05, 0.1) is 31.9 Å². The lowest BCUT2D eigenvalue weighted by molar-refractivity contribution is -0.160. The Bertz CT molecular complexity index is 1610. The molecule has 6 atom stereocenters. The molecule has 10 heteroatoms. The highest BCUT2D eigenvalue weighted by atomic mass is 16.5. The van der Waals surface area contributed by atoms with E-state index in [1.165, 1.54) is 18.2 Å². The second kappa shape index (κ2) is 11.1. The van der Waals surface area contributed by atoms with Gasteiger partial charge in [-0.05, 0) is 92.7 Å². The standard InChI is InChI=1S/C33H38N6O4/c1-19-14-21(3)23(15-20(19)2)27-18-38(37-36-27)13-12-33(25-8-6-7-9-26(25)35-32(33)42)29-16-24-22(17-39(29)34-4)10-11-28(40)30(24)31(41)43-5/h6-9,14-15,18,22,24,28-30,40H,10-13,16-17H2,1-3,5H3,(H,35,42)/t22-,24-,28-,29-,30+,33-/m0/s1. The Morgan fingerprint density at radius 3 is 2.72 bits per heavy atom. The quantitative estimate of drug-likeness (QED) is 0.330. The third-order valence-electron chi connectivity index (χ3n) is 10.2. The number of ether oxygens (including phenoxy) is 1. The zero-order valence-electron chi connectivity index (χ0n) is 25.1. The highest BCUT2D eigenvalue weighted by Gasteiger charge is 2.60. The Hall–Kier alpha value is -4.23. The summed E-state index contributed by atoms with van der Waals surface area (Å²) in [7, 11) is 1.35. The van der Waals surface area contributed by atoms with E-state index in [0.717, 1.165) is 28.1 Å². The van der Waals surface area contributed by atoms with Crippen molar-refractivity contribution in [1.82, 2.24) is 20.0 Å². The molecule has 3 aromatic rings. The lowest BCUT2D eigenvalue weighted by Gasteiger charge is -2.49. The third-order valence-corrected chi connectivity index (χ3v) is 10.2. The molecule has 43 heavy (non-hydrogen) atoms. The summed E-state index contributed by atoms with van der Waals surface area (Å²) in [5, 5.41) is 24.6. The number of aryl methyl sites for hydroxylation is 4. The minimum absolute atomic E-state index is 0.0497. The first-order chi connectivity index (χ1) is 20.7. The summed E-state index contributed by atoms with van der Waals surface area (Å²) in [5.74, 6) is -1.44. The van der Waals surface area contributed by atoms with Crippen LogP contribution in [0.3, 0.4) is 0 Å². The molecule has 1 amide bonds. The fourth-order valence-corrected chi connectivity index (χ4v) is 7.85. The molecule has 10 nitrogen and oxygen atoms in total. The molecule has 0 bridgehead atoms. The summed E-state index contributed by atoms with van der Waals surface area (Å²) < 4.78 is 6.89. The number of aliphatic hydroxyl groups is 1. The molecule has 224 valence electrons. The number of nitrogens with zero attached hydrogens (tertiary/aromatic N) is 5. The van der Waals surface area contributed by atoms with Crippen molar-refractivity contribution >= 4 is 17.6 Å². The number of nitrogens with one attached hydrogen (secondary N) is 1. The average molecular weight is 583 g/mol. The van der Waals surface area contributed by atoms with Crippen LogP contribution in [0.15, 0.2) is 42.6 Å². The number of methoxy groups -OCH3 is 1. The van der Waals surface area contributed by atoms with E-state index in [-0.39, 0.29) is 17.7 Å². The summed E-state index contributed by atoms with van der Waals surface area (Å²) in [6, 6.07) is 11.4. The van der Waals surface area contributed by atoms with Crippen molar-refractivity contribution in [3.63, 3.8) is 0 Å². The van der Waals surface area contributed by atoms with Gasteiger partial charge in [-0.25, -0.2) is 0 Å². The lowest BCUT2D eigenvalue weighted by Crippen LogP contribution is -2.60. The first-order valence-electron chi connectivity index (χ1n) is 15.0. The number of fused-ring (bicyclic) bond motifs is 2. The number of aromatic nitrogens is 3. The van der Waals surface area contributed by atoms with Gasteiger partial charge in [0.15, 0.2) is 0 Å². The summed E-state index contributed by atoms with van der Waals surface area (Å²) in [4.78, 5) is 31.0. The highest BCUT2D eigenvalue weighted by molar-refractivity contribution is 6.07. The van der Waals surface area contributed by atoms with Crippen LogP contribution in [0.4, 0.5) is 5.69 Å². The summed E-state index contributed by atoms with van der Waals surface area (Å²) in [5.41, 5.74) is 5.82. The van der Waals surface area contributed by atoms with Gasteiger partial charge in [-0.15, -0.1) is 10.1 Å². The lowest BCUT2D eigenvalue weighted by atomic mass is 9.60. The summed E-state index contributed by atoms with van der Waals surface area (Å²) in [6.45, 7) is 15.2. The molecule has 6 rings (SSSR count). The van der Waals surface area contributed by atoms with E-state index in [9.17, 15) is 14.7 Å². The molecule has 3 aliphatic rings. The van der Waals surface area contributed by atoms with Crippen molar-refractivity contribution in [1.29, 1.82) is 0 Å². The largest absolute Gasteiger partial charge is 0.469 e. The molecule has 1 aromatic heterocycles. The number of anilines is 1. The smallest absolute Gasteiger partial charge is 0.311 e. The monoisotopic (exact) mass is 582 g/mol. The highest BCUT2D eigenvalue weighted by Crippen LogP contribution is 2.52. The van der Waals surface area contributed by atoms with E-state index < -0.39 is 29.4 Å². The normalized spacial score (nSPS) is 28.0. The number of carbonyl (C=O) groups is 2. The van der Waals surface area contributed by atoms with Gasteiger partial charge < -0.3 is 15.2 Å². The maximum atomic E-state index is 14.1. The number of hydrogen-bond acceptors (Lipinski definition) is 7. The predicted molar refractivity (Wildman–Crippen MR) is 160 cm³/mol. The fourth-order valence-electron chi connectivity index (χ4n) is 7.85. The fraction of sp³-hybridized carbons (Fsp3) is 0.485. The van der Waals surface area contributed by atoms with Gasteiger partial charge in [-0.1, -0.05) is 29.5 Å². The summed E-state index contributed by atoms with van der Waals surface area (Å²) >= 11 is 0. The van der Waals surface area contributed by atoms with E-state index >= 15 is 0 Å². The van der Waals surface area contributed by atoms with Gasteiger partial charge in [-0.2, -0.15) is 11.5 Å². The third kappa shape index (κ3) is 4.76. The molecule has 2 aliphatic heterocycles. The molecule has 3 heterocycles. The van der Waals surface area contributed by atoms with Gasteiger partial charge in [0.25, 0.3) is 0 Å². The molecule has 2 fully saturated rings. The minimum atomic E-state index is -1.07.